The third-order valence-corrected chi connectivity index (χ3v) is 4.49. The number of aromatic nitrogens is 4. The van der Waals surface area contributed by atoms with E-state index in [4.69, 9.17) is 12.8 Å². The van der Waals surface area contributed by atoms with Gasteiger partial charge in [-0.05, 0) is 29.9 Å². The number of pyridine rings is 1. The van der Waals surface area contributed by atoms with Gasteiger partial charge in [0.05, 0.1) is 0 Å². The van der Waals surface area contributed by atoms with Gasteiger partial charge in [0.2, 0.25) is 0 Å². The molecule has 4 rings (SSSR count). The van der Waals surface area contributed by atoms with Gasteiger partial charge in [0, 0.05) is 42.8 Å². The van der Waals surface area contributed by atoms with E-state index in [0.29, 0.717) is 17.9 Å². The highest BCUT2D eigenvalue weighted by molar-refractivity contribution is 6.36. The van der Waals surface area contributed by atoms with Crippen LogP contribution in [-0.2, 0) is 6.54 Å². The second-order valence-corrected chi connectivity index (χ2v) is 6.10. The summed E-state index contributed by atoms with van der Waals surface area (Å²) in [6.07, 6.45) is 10.3. The highest BCUT2D eigenvalue weighted by atomic mass is 15.3. The van der Waals surface area contributed by atoms with Crippen LogP contribution in [0.5, 0.6) is 0 Å². The molecule has 0 spiro atoms. The molecule has 0 unspecified atom stereocenters. The Morgan fingerprint density at radius 1 is 1.26 bits per heavy atom. The zero-order valence-corrected chi connectivity index (χ0v) is 12.9. The number of rotatable bonds is 4. The number of fused-ring (bicyclic) bond motifs is 1. The van der Waals surface area contributed by atoms with Gasteiger partial charge in [-0.15, -0.1) is 0 Å². The van der Waals surface area contributed by atoms with Crippen molar-refractivity contribution in [2.45, 2.75) is 38.1 Å². The molecule has 0 bridgehead atoms. The number of anilines is 1. The first-order chi connectivity index (χ1) is 11.3. The third-order valence-electron chi connectivity index (χ3n) is 4.49. The summed E-state index contributed by atoms with van der Waals surface area (Å²) in [6, 6.07) is 6.11. The van der Waals surface area contributed by atoms with E-state index in [1.54, 1.807) is 16.9 Å². The summed E-state index contributed by atoms with van der Waals surface area (Å²) in [5.74, 6) is 1.46. The molecule has 1 aliphatic rings. The lowest BCUT2D eigenvalue weighted by atomic mass is 9.99. The van der Waals surface area contributed by atoms with Crippen molar-refractivity contribution in [3.8, 4) is 0 Å². The third kappa shape index (κ3) is 2.81. The maximum absolute atomic E-state index is 6.04. The van der Waals surface area contributed by atoms with Crippen LogP contribution in [0.4, 0.5) is 5.82 Å². The van der Waals surface area contributed by atoms with E-state index in [1.165, 1.54) is 25.7 Å². The summed E-state index contributed by atoms with van der Waals surface area (Å²) in [6.45, 7) is 0.691. The molecule has 0 aliphatic heterocycles. The first-order valence-electron chi connectivity index (χ1n) is 8.08. The fourth-order valence-corrected chi connectivity index (χ4v) is 3.25. The standard InChI is InChI=1S/C17H18BN5/c18-14-11-21-23-16(20-10-12-4-3-7-19-9-12)8-15(22-17(14)23)13-5-1-2-6-13/h3-4,7-9,11,13,20H,1-2,5-6,10H2. The van der Waals surface area contributed by atoms with E-state index in [-0.39, 0.29) is 0 Å². The number of nitrogens with zero attached hydrogens (tertiary/aromatic N) is 4. The Labute approximate surface area is 136 Å². The first-order valence-corrected chi connectivity index (χ1v) is 8.08. The average molecular weight is 303 g/mol. The van der Waals surface area contributed by atoms with Crippen molar-refractivity contribution >= 4 is 24.8 Å². The number of hydrogen-bond donors (Lipinski definition) is 1. The maximum Gasteiger partial charge on any atom is 0.150 e. The van der Waals surface area contributed by atoms with Crippen molar-refractivity contribution in [3.63, 3.8) is 0 Å². The topological polar surface area (TPSA) is 55.1 Å². The zero-order chi connectivity index (χ0) is 15.6. The van der Waals surface area contributed by atoms with Crippen LogP contribution in [0, 0.1) is 0 Å². The van der Waals surface area contributed by atoms with Crippen LogP contribution < -0.4 is 10.8 Å². The average Bonchev–Trinajstić information content (AvgIpc) is 3.24. The van der Waals surface area contributed by atoms with Gasteiger partial charge in [-0.1, -0.05) is 18.9 Å². The largest absolute Gasteiger partial charge is 0.366 e. The van der Waals surface area contributed by atoms with E-state index >= 15 is 0 Å². The van der Waals surface area contributed by atoms with E-state index in [9.17, 15) is 0 Å². The summed E-state index contributed by atoms with van der Waals surface area (Å²) in [4.78, 5) is 8.90. The quantitative estimate of drug-likeness (QED) is 0.751. The van der Waals surface area contributed by atoms with Crippen molar-refractivity contribution in [3.05, 3.63) is 48.0 Å². The van der Waals surface area contributed by atoms with Crippen molar-refractivity contribution in [2.24, 2.45) is 0 Å². The summed E-state index contributed by atoms with van der Waals surface area (Å²) in [7, 11) is 6.04. The second-order valence-electron chi connectivity index (χ2n) is 6.10. The zero-order valence-electron chi connectivity index (χ0n) is 12.9. The Morgan fingerprint density at radius 2 is 2.13 bits per heavy atom. The van der Waals surface area contributed by atoms with Crippen molar-refractivity contribution < 1.29 is 0 Å². The molecule has 3 aromatic heterocycles. The number of hydrogen-bond acceptors (Lipinski definition) is 4. The van der Waals surface area contributed by atoms with Crippen molar-refractivity contribution in [2.75, 3.05) is 5.32 Å². The van der Waals surface area contributed by atoms with Gasteiger partial charge >= 0.3 is 0 Å². The molecule has 1 fully saturated rings. The van der Waals surface area contributed by atoms with Crippen LogP contribution in [0.25, 0.3) is 5.65 Å². The Hall–Kier alpha value is -2.37. The molecular formula is C17H18BN5. The molecule has 23 heavy (non-hydrogen) atoms. The predicted octanol–water partition coefficient (Wildman–Crippen LogP) is 2.19. The molecule has 0 saturated heterocycles. The molecule has 0 amide bonds. The summed E-state index contributed by atoms with van der Waals surface area (Å²) in [5, 5.41) is 7.80. The van der Waals surface area contributed by atoms with Crippen molar-refractivity contribution in [1.29, 1.82) is 0 Å². The second kappa shape index (κ2) is 6.03. The maximum atomic E-state index is 6.04. The van der Waals surface area contributed by atoms with Gasteiger partial charge in [-0.3, -0.25) is 4.98 Å². The minimum absolute atomic E-state index is 0.535. The molecule has 1 saturated carbocycles. The van der Waals surface area contributed by atoms with Gasteiger partial charge < -0.3 is 5.32 Å². The molecule has 3 aromatic rings. The fourth-order valence-electron chi connectivity index (χ4n) is 3.25. The minimum atomic E-state index is 0.535. The lowest BCUT2D eigenvalue weighted by molar-refractivity contribution is 0.695. The lowest BCUT2D eigenvalue weighted by Gasteiger charge is -2.14. The molecule has 0 aromatic carbocycles. The Morgan fingerprint density at radius 3 is 2.91 bits per heavy atom. The van der Waals surface area contributed by atoms with Crippen LogP contribution in [0.1, 0.15) is 42.9 Å². The van der Waals surface area contributed by atoms with Crippen LogP contribution >= 0.6 is 0 Å². The SMILES string of the molecule is [B]c1cnn2c(NCc3cccnc3)cc(C3CCCC3)nc12. The van der Waals surface area contributed by atoms with Gasteiger partial charge in [-0.25, -0.2) is 4.98 Å². The van der Waals surface area contributed by atoms with Crippen molar-refractivity contribution in [1.82, 2.24) is 19.6 Å². The minimum Gasteiger partial charge on any atom is -0.366 e. The Bertz CT molecular complexity index is 808. The predicted molar refractivity (Wildman–Crippen MR) is 91.1 cm³/mol. The monoisotopic (exact) mass is 303 g/mol. The molecular weight excluding hydrogens is 285 g/mol. The first kappa shape index (κ1) is 14.2. The van der Waals surface area contributed by atoms with Gasteiger partial charge in [0.25, 0.3) is 0 Å². The fraction of sp³-hybridized carbons (Fsp3) is 0.353. The highest BCUT2D eigenvalue weighted by Crippen LogP contribution is 2.34. The van der Waals surface area contributed by atoms with E-state index in [2.05, 4.69) is 21.5 Å². The summed E-state index contributed by atoms with van der Waals surface area (Å²) < 4.78 is 1.78. The lowest BCUT2D eigenvalue weighted by Crippen LogP contribution is -2.11. The van der Waals surface area contributed by atoms with Gasteiger partial charge in [0.15, 0.2) is 0 Å². The van der Waals surface area contributed by atoms with E-state index < -0.39 is 0 Å². The van der Waals surface area contributed by atoms with Crippen LogP contribution in [0.3, 0.4) is 0 Å². The smallest absolute Gasteiger partial charge is 0.150 e. The Kier molecular flexibility index (Phi) is 3.73. The van der Waals surface area contributed by atoms with Gasteiger partial charge in [-0.2, -0.15) is 9.61 Å². The molecule has 1 N–H and O–H groups in total. The molecule has 114 valence electrons. The van der Waals surface area contributed by atoms with Crippen LogP contribution in [-0.4, -0.2) is 27.4 Å². The number of nitrogens with one attached hydrogen (secondary N) is 1. The van der Waals surface area contributed by atoms with E-state index in [0.717, 1.165) is 22.7 Å². The highest BCUT2D eigenvalue weighted by Gasteiger charge is 2.20. The van der Waals surface area contributed by atoms with Gasteiger partial charge in [0.1, 0.15) is 19.3 Å². The molecule has 2 radical (unpaired) electrons. The summed E-state index contributed by atoms with van der Waals surface area (Å²) in [5.41, 5.74) is 3.60. The van der Waals surface area contributed by atoms with E-state index in [1.807, 2.05) is 18.3 Å². The summed E-state index contributed by atoms with van der Waals surface area (Å²) >= 11 is 0. The molecule has 0 atom stereocenters. The Balaban J connectivity index is 1.68. The molecule has 5 nitrogen and oxygen atoms in total. The van der Waals surface area contributed by atoms with Crippen LogP contribution in [0.2, 0.25) is 0 Å². The molecule has 1 aliphatic carbocycles. The molecule has 3 heterocycles. The van der Waals surface area contributed by atoms with Crippen LogP contribution in [0.15, 0.2) is 36.8 Å². The molecule has 6 heteroatoms. The normalized spacial score (nSPS) is 15.3.